The number of carbonyl (C=O) groups is 1. The van der Waals surface area contributed by atoms with Gasteiger partial charge in [0.1, 0.15) is 6.79 Å². The van der Waals surface area contributed by atoms with Gasteiger partial charge in [-0.15, -0.1) is 0 Å². The number of hydrogen-bond donors (Lipinski definition) is 1. The Morgan fingerprint density at radius 3 is 2.67 bits per heavy atom. The molecule has 7 rings (SSSR count). The van der Waals surface area contributed by atoms with Gasteiger partial charge in [0.25, 0.3) is 0 Å². The predicted molar refractivity (Wildman–Crippen MR) is 123 cm³/mol. The molecule has 2 spiro atoms. The van der Waals surface area contributed by atoms with Gasteiger partial charge in [-0.05, 0) is 70.8 Å². The zero-order chi connectivity index (χ0) is 22.0. The van der Waals surface area contributed by atoms with Crippen molar-refractivity contribution in [1.29, 1.82) is 0 Å². The first-order valence-electron chi connectivity index (χ1n) is 13.8. The van der Waals surface area contributed by atoms with E-state index in [0.29, 0.717) is 24.8 Å². The van der Waals surface area contributed by atoms with Crippen LogP contribution in [0.4, 0.5) is 0 Å². The van der Waals surface area contributed by atoms with Crippen molar-refractivity contribution in [3.63, 3.8) is 0 Å². The molecule has 0 bridgehead atoms. The van der Waals surface area contributed by atoms with E-state index in [9.17, 15) is 4.79 Å². The third-order valence-electron chi connectivity index (χ3n) is 10.5. The number of hydrogen-bond acceptors (Lipinski definition) is 6. The van der Waals surface area contributed by atoms with Gasteiger partial charge in [-0.1, -0.05) is 12.8 Å². The molecule has 184 valence electrons. The molecule has 1 amide bonds. The molecular formula is C26H41N3O4. The molecule has 0 aromatic heterocycles. The van der Waals surface area contributed by atoms with Crippen LogP contribution in [0.25, 0.3) is 0 Å². The van der Waals surface area contributed by atoms with E-state index in [4.69, 9.17) is 14.2 Å². The molecule has 1 N–H and O–H groups in total. The smallest absolute Gasteiger partial charge is 0.225 e. The predicted octanol–water partition coefficient (Wildman–Crippen LogP) is 2.43. The second-order valence-corrected chi connectivity index (χ2v) is 12.2. The first-order valence-corrected chi connectivity index (χ1v) is 13.8. The molecule has 33 heavy (non-hydrogen) atoms. The Labute approximate surface area is 197 Å². The Bertz CT molecular complexity index is 771. The Balaban J connectivity index is 1.01. The van der Waals surface area contributed by atoms with Crippen LogP contribution in [-0.4, -0.2) is 90.2 Å². The second-order valence-electron chi connectivity index (χ2n) is 12.2. The minimum atomic E-state index is -0.0421. The van der Waals surface area contributed by atoms with Crippen molar-refractivity contribution in [3.8, 4) is 0 Å². The molecule has 7 fully saturated rings. The summed E-state index contributed by atoms with van der Waals surface area (Å²) in [5, 5.41) is 4.21. The lowest BCUT2D eigenvalue weighted by atomic mass is 9.73. The summed E-state index contributed by atoms with van der Waals surface area (Å²) in [4.78, 5) is 18.3. The minimum Gasteiger partial charge on any atom is -0.373 e. The summed E-state index contributed by atoms with van der Waals surface area (Å²) < 4.78 is 18.1. The van der Waals surface area contributed by atoms with Crippen molar-refractivity contribution in [3.05, 3.63) is 0 Å². The number of nitrogens with one attached hydrogen (secondary N) is 1. The van der Waals surface area contributed by atoms with Crippen molar-refractivity contribution in [2.75, 3.05) is 33.0 Å². The zero-order valence-electron chi connectivity index (χ0n) is 20.0. The third kappa shape index (κ3) is 3.52. The van der Waals surface area contributed by atoms with E-state index in [1.165, 1.54) is 45.1 Å². The van der Waals surface area contributed by atoms with Crippen LogP contribution >= 0.6 is 0 Å². The SMILES string of the molecule is O=C(C1CCC2OCOC2C1)N1CCC2(CC1)CC1(CO2)NC2CCCCC2N2CCCC21. The average Bonchev–Trinajstić information content (AvgIpc) is 3.59. The van der Waals surface area contributed by atoms with Gasteiger partial charge in [-0.2, -0.15) is 0 Å². The van der Waals surface area contributed by atoms with Crippen LogP contribution in [0.2, 0.25) is 0 Å². The van der Waals surface area contributed by atoms with Gasteiger partial charge in [0.15, 0.2) is 0 Å². The fourth-order valence-corrected chi connectivity index (χ4v) is 8.81. The maximum Gasteiger partial charge on any atom is 0.225 e. The van der Waals surface area contributed by atoms with Crippen molar-refractivity contribution < 1.29 is 19.0 Å². The Hall–Kier alpha value is -0.730. The van der Waals surface area contributed by atoms with E-state index < -0.39 is 0 Å². The monoisotopic (exact) mass is 459 g/mol. The fraction of sp³-hybridized carbons (Fsp3) is 0.962. The van der Waals surface area contributed by atoms with Crippen molar-refractivity contribution in [1.82, 2.24) is 15.1 Å². The molecule has 7 unspecified atom stereocenters. The van der Waals surface area contributed by atoms with Crippen molar-refractivity contribution in [2.45, 2.75) is 119 Å². The molecule has 2 aliphatic carbocycles. The van der Waals surface area contributed by atoms with Crippen molar-refractivity contribution in [2.24, 2.45) is 5.92 Å². The standard InChI is InChI=1S/C26H41N3O4/c30-24(18-7-8-21-22(14-18)32-17-31-21)28-12-9-25(10-13-28)15-26(16-33-25)23-6-3-11-29(23)20-5-2-1-4-19(20)27-26/h18-23,27H,1-17H2. The van der Waals surface area contributed by atoms with Gasteiger partial charge < -0.3 is 24.4 Å². The molecular weight excluding hydrogens is 418 g/mol. The Morgan fingerprint density at radius 2 is 1.76 bits per heavy atom. The van der Waals surface area contributed by atoms with Gasteiger partial charge in [-0.25, -0.2) is 0 Å². The molecule has 7 atom stereocenters. The Morgan fingerprint density at radius 1 is 0.909 bits per heavy atom. The summed E-state index contributed by atoms with van der Waals surface area (Å²) in [5.41, 5.74) is 0.0823. The van der Waals surface area contributed by atoms with E-state index in [1.807, 2.05) is 0 Å². The molecule has 2 saturated carbocycles. The van der Waals surface area contributed by atoms with E-state index in [1.54, 1.807) is 0 Å². The lowest BCUT2D eigenvalue weighted by Crippen LogP contribution is -2.73. The van der Waals surface area contributed by atoms with Gasteiger partial charge >= 0.3 is 0 Å². The molecule has 7 nitrogen and oxygen atoms in total. The number of amides is 1. The van der Waals surface area contributed by atoms with Crippen LogP contribution in [0.1, 0.15) is 77.0 Å². The van der Waals surface area contributed by atoms with Crippen LogP contribution < -0.4 is 5.32 Å². The highest BCUT2D eigenvalue weighted by Gasteiger charge is 2.60. The maximum atomic E-state index is 13.3. The quantitative estimate of drug-likeness (QED) is 0.650. The zero-order valence-corrected chi connectivity index (χ0v) is 20.0. The number of ether oxygens (including phenoxy) is 3. The molecule has 5 saturated heterocycles. The summed E-state index contributed by atoms with van der Waals surface area (Å²) >= 11 is 0. The molecule has 7 heteroatoms. The van der Waals surface area contributed by atoms with Crippen LogP contribution in [0, 0.1) is 5.92 Å². The first-order chi connectivity index (χ1) is 16.1. The highest BCUT2D eigenvalue weighted by atomic mass is 16.7. The topological polar surface area (TPSA) is 63.3 Å². The van der Waals surface area contributed by atoms with Crippen LogP contribution in [-0.2, 0) is 19.0 Å². The van der Waals surface area contributed by atoms with Crippen LogP contribution in [0.5, 0.6) is 0 Å². The summed E-state index contributed by atoms with van der Waals surface area (Å²) in [6.07, 6.45) is 14.3. The molecule has 0 aromatic rings. The second kappa shape index (κ2) is 8.16. The van der Waals surface area contributed by atoms with E-state index in [-0.39, 0.29) is 29.3 Å². The number of carbonyl (C=O) groups excluding carboxylic acids is 1. The van der Waals surface area contributed by atoms with Crippen molar-refractivity contribution >= 4 is 5.91 Å². The number of likely N-dealkylation sites (tertiary alicyclic amines) is 1. The summed E-state index contributed by atoms with van der Waals surface area (Å²) in [6, 6.07) is 2.03. The number of piperidine rings is 1. The number of piperazine rings is 1. The van der Waals surface area contributed by atoms with Gasteiger partial charge in [0.2, 0.25) is 5.91 Å². The maximum absolute atomic E-state index is 13.3. The van der Waals surface area contributed by atoms with E-state index in [2.05, 4.69) is 15.1 Å². The summed E-state index contributed by atoms with van der Waals surface area (Å²) in [7, 11) is 0. The lowest BCUT2D eigenvalue weighted by molar-refractivity contribution is -0.142. The first kappa shape index (κ1) is 21.5. The summed E-state index contributed by atoms with van der Waals surface area (Å²) in [6.45, 7) is 4.22. The highest BCUT2D eigenvalue weighted by Crippen LogP contribution is 2.49. The third-order valence-corrected chi connectivity index (χ3v) is 10.5. The number of fused-ring (bicyclic) bond motifs is 5. The van der Waals surface area contributed by atoms with E-state index in [0.717, 1.165) is 64.3 Å². The normalized spacial score (nSPS) is 47.0. The molecule has 0 radical (unpaired) electrons. The summed E-state index contributed by atoms with van der Waals surface area (Å²) in [5.74, 6) is 0.447. The molecule has 7 aliphatic rings. The largest absolute Gasteiger partial charge is 0.373 e. The highest BCUT2D eigenvalue weighted by molar-refractivity contribution is 5.79. The van der Waals surface area contributed by atoms with Gasteiger partial charge in [0.05, 0.1) is 30.0 Å². The Kier molecular flexibility index (Phi) is 5.32. The van der Waals surface area contributed by atoms with E-state index >= 15 is 0 Å². The lowest BCUT2D eigenvalue weighted by Gasteiger charge is -2.55. The molecule has 5 heterocycles. The van der Waals surface area contributed by atoms with Crippen LogP contribution in [0.15, 0.2) is 0 Å². The molecule has 0 aromatic carbocycles. The van der Waals surface area contributed by atoms with Crippen LogP contribution in [0.3, 0.4) is 0 Å². The molecule has 5 aliphatic heterocycles. The van der Waals surface area contributed by atoms with Gasteiger partial charge in [-0.3, -0.25) is 9.69 Å². The van der Waals surface area contributed by atoms with Gasteiger partial charge in [0, 0.05) is 37.1 Å². The number of rotatable bonds is 1. The minimum absolute atomic E-state index is 0.0421. The average molecular weight is 460 g/mol. The number of nitrogens with zero attached hydrogens (tertiary/aromatic N) is 2. The fourth-order valence-electron chi connectivity index (χ4n) is 8.81.